The van der Waals surface area contributed by atoms with Gasteiger partial charge in [-0.05, 0) is 73.5 Å². The second-order valence-electron chi connectivity index (χ2n) is 7.26. The highest BCUT2D eigenvalue weighted by atomic mass is 14.8. The van der Waals surface area contributed by atoms with Crippen molar-refractivity contribution in [3.05, 3.63) is 0 Å². The highest BCUT2D eigenvalue weighted by molar-refractivity contribution is 5.22. The Morgan fingerprint density at radius 2 is 1.87 bits per heavy atom. The van der Waals surface area contributed by atoms with Crippen molar-refractivity contribution >= 4 is 0 Å². The number of hydrogen-bond acceptors (Lipinski definition) is 0. The second kappa shape index (κ2) is 2.63. The van der Waals surface area contributed by atoms with E-state index in [4.69, 9.17) is 0 Å². The Bertz CT molecular complexity index is 288. The molecule has 0 nitrogen and oxygen atoms in total. The zero-order valence-electron chi connectivity index (χ0n) is 10.1. The maximum atomic E-state index is 2.36. The predicted molar refractivity (Wildman–Crippen MR) is 62.6 cm³/mol. The lowest BCUT2D eigenvalue weighted by Gasteiger charge is -2.59. The maximum absolute atomic E-state index is 2.36. The summed E-state index contributed by atoms with van der Waals surface area (Å²) in [6, 6.07) is 0. The molecular formula is C15H24. The molecular weight excluding hydrogens is 180 g/mol. The van der Waals surface area contributed by atoms with Crippen molar-refractivity contribution in [2.45, 2.75) is 64.7 Å². The van der Waals surface area contributed by atoms with Crippen LogP contribution in [0.25, 0.3) is 0 Å². The molecule has 0 heterocycles. The molecule has 0 heteroatoms. The van der Waals surface area contributed by atoms with E-state index in [1.54, 1.807) is 44.9 Å². The molecule has 5 unspecified atom stereocenters. The Morgan fingerprint density at radius 1 is 1.00 bits per heavy atom. The molecule has 0 amide bonds. The fraction of sp³-hybridized carbons (Fsp3) is 1.00. The van der Waals surface area contributed by atoms with Crippen LogP contribution in [0.15, 0.2) is 0 Å². The van der Waals surface area contributed by atoms with Crippen molar-refractivity contribution < 1.29 is 0 Å². The number of hydrogen-bond donors (Lipinski definition) is 0. The third-order valence-electron chi connectivity index (χ3n) is 6.75. The fourth-order valence-corrected chi connectivity index (χ4v) is 6.54. The van der Waals surface area contributed by atoms with E-state index in [0.717, 1.165) is 16.7 Å². The average Bonchev–Trinajstić information content (AvgIpc) is 2.52. The summed E-state index contributed by atoms with van der Waals surface area (Å²) < 4.78 is 0. The maximum Gasteiger partial charge on any atom is -0.0207 e. The number of unbranched alkanes of at least 4 members (excludes halogenated alkanes) is 1. The molecule has 0 aromatic rings. The quantitative estimate of drug-likeness (QED) is 0.639. The van der Waals surface area contributed by atoms with E-state index in [-0.39, 0.29) is 0 Å². The summed E-state index contributed by atoms with van der Waals surface area (Å²) >= 11 is 0. The zero-order chi connectivity index (χ0) is 10.1. The van der Waals surface area contributed by atoms with E-state index in [9.17, 15) is 0 Å². The van der Waals surface area contributed by atoms with E-state index in [0.29, 0.717) is 0 Å². The predicted octanol–water partition coefficient (Wildman–Crippen LogP) is 4.39. The largest absolute Gasteiger partial charge is 0.0654 e. The van der Waals surface area contributed by atoms with Crippen LogP contribution in [0, 0.1) is 28.6 Å². The Labute approximate surface area is 93.8 Å². The Kier molecular flexibility index (Phi) is 1.59. The summed E-state index contributed by atoms with van der Waals surface area (Å²) in [5, 5.41) is 0. The van der Waals surface area contributed by atoms with Gasteiger partial charge in [0.1, 0.15) is 0 Å². The molecule has 3 bridgehead atoms. The lowest BCUT2D eigenvalue weighted by atomic mass is 9.45. The fourth-order valence-electron chi connectivity index (χ4n) is 6.54. The van der Waals surface area contributed by atoms with Crippen LogP contribution in [-0.4, -0.2) is 0 Å². The van der Waals surface area contributed by atoms with Gasteiger partial charge in [-0.1, -0.05) is 19.8 Å². The van der Waals surface area contributed by atoms with Gasteiger partial charge in [-0.15, -0.1) is 0 Å². The first-order valence-corrected chi connectivity index (χ1v) is 7.28. The van der Waals surface area contributed by atoms with Crippen LogP contribution in [0.4, 0.5) is 0 Å². The van der Waals surface area contributed by atoms with Crippen LogP contribution >= 0.6 is 0 Å². The zero-order valence-corrected chi connectivity index (χ0v) is 10.1. The minimum absolute atomic E-state index is 0.879. The van der Waals surface area contributed by atoms with Crippen LogP contribution in [0.2, 0.25) is 0 Å². The van der Waals surface area contributed by atoms with E-state index in [1.165, 1.54) is 24.7 Å². The van der Waals surface area contributed by atoms with Gasteiger partial charge in [-0.25, -0.2) is 0 Å². The highest BCUT2D eigenvalue weighted by Gasteiger charge is 2.73. The molecule has 4 aliphatic carbocycles. The Hall–Kier alpha value is 0. The van der Waals surface area contributed by atoms with Crippen LogP contribution < -0.4 is 0 Å². The van der Waals surface area contributed by atoms with Crippen molar-refractivity contribution in [1.29, 1.82) is 0 Å². The smallest absolute Gasteiger partial charge is 0.0207 e. The molecule has 0 saturated heterocycles. The van der Waals surface area contributed by atoms with Crippen LogP contribution in [0.3, 0.4) is 0 Å². The highest BCUT2D eigenvalue weighted by Crippen LogP contribution is 2.82. The number of rotatable bonds is 3. The molecule has 0 radical (unpaired) electrons. The van der Waals surface area contributed by atoms with Crippen molar-refractivity contribution in [2.75, 3.05) is 0 Å². The normalized spacial score (nSPS) is 59.4. The van der Waals surface area contributed by atoms with E-state index in [1.807, 2.05) is 0 Å². The molecule has 0 aliphatic heterocycles. The van der Waals surface area contributed by atoms with Crippen LogP contribution in [-0.2, 0) is 0 Å². The first kappa shape index (κ1) is 9.07. The Balaban J connectivity index is 1.67. The topological polar surface area (TPSA) is 0 Å². The molecule has 5 atom stereocenters. The van der Waals surface area contributed by atoms with Gasteiger partial charge >= 0.3 is 0 Å². The molecule has 1 spiro atoms. The average molecular weight is 204 g/mol. The molecule has 4 rings (SSSR count). The summed E-state index contributed by atoms with van der Waals surface area (Å²) in [6.45, 7) is 2.36. The van der Waals surface area contributed by atoms with E-state index >= 15 is 0 Å². The van der Waals surface area contributed by atoms with Crippen molar-refractivity contribution in [1.82, 2.24) is 0 Å². The van der Waals surface area contributed by atoms with Gasteiger partial charge in [-0.2, -0.15) is 0 Å². The molecule has 15 heavy (non-hydrogen) atoms. The van der Waals surface area contributed by atoms with Gasteiger partial charge in [-0.3, -0.25) is 0 Å². The van der Waals surface area contributed by atoms with Crippen molar-refractivity contribution in [3.8, 4) is 0 Å². The third kappa shape index (κ3) is 0.875. The summed E-state index contributed by atoms with van der Waals surface area (Å²) in [4.78, 5) is 0. The molecule has 0 aromatic carbocycles. The molecule has 4 saturated carbocycles. The lowest BCUT2D eigenvalue weighted by Crippen LogP contribution is -2.52. The SMILES string of the molecule is CCCCC12CC3CC4CC(C1)C2(C4)C3. The number of fused-ring (bicyclic) bond motifs is 2. The lowest BCUT2D eigenvalue weighted by molar-refractivity contribution is -0.106. The second-order valence-corrected chi connectivity index (χ2v) is 7.26. The standard InChI is InChI=1S/C15H24/c1-2-3-4-14-7-12-5-11-6-13(10-14)15(14,8-11)9-12/h11-13H,2-10H2,1H3. The monoisotopic (exact) mass is 204 g/mol. The molecule has 0 aromatic heterocycles. The molecule has 4 aliphatic rings. The van der Waals surface area contributed by atoms with Gasteiger partial charge in [0.15, 0.2) is 0 Å². The van der Waals surface area contributed by atoms with Crippen LogP contribution in [0.5, 0.6) is 0 Å². The van der Waals surface area contributed by atoms with Gasteiger partial charge < -0.3 is 0 Å². The van der Waals surface area contributed by atoms with E-state index < -0.39 is 0 Å². The first-order chi connectivity index (χ1) is 7.28. The minimum Gasteiger partial charge on any atom is -0.0654 e. The summed E-state index contributed by atoms with van der Waals surface area (Å²) in [5.41, 5.74) is 1.79. The van der Waals surface area contributed by atoms with Crippen molar-refractivity contribution in [2.24, 2.45) is 28.6 Å². The summed E-state index contributed by atoms with van der Waals surface area (Å²) in [5.74, 6) is 3.51. The van der Waals surface area contributed by atoms with Gasteiger partial charge in [0, 0.05) is 0 Å². The molecule has 84 valence electrons. The van der Waals surface area contributed by atoms with Crippen molar-refractivity contribution in [3.63, 3.8) is 0 Å². The molecule has 4 fully saturated rings. The summed E-state index contributed by atoms with van der Waals surface area (Å²) in [7, 11) is 0. The summed E-state index contributed by atoms with van der Waals surface area (Å²) in [6.07, 6.45) is 14.3. The van der Waals surface area contributed by atoms with Gasteiger partial charge in [0.25, 0.3) is 0 Å². The van der Waals surface area contributed by atoms with Gasteiger partial charge in [0.2, 0.25) is 0 Å². The first-order valence-electron chi connectivity index (χ1n) is 7.28. The minimum atomic E-state index is 0.879. The Morgan fingerprint density at radius 3 is 2.73 bits per heavy atom. The van der Waals surface area contributed by atoms with Gasteiger partial charge in [0.05, 0.1) is 0 Å². The van der Waals surface area contributed by atoms with Crippen LogP contribution in [0.1, 0.15) is 64.7 Å². The third-order valence-corrected chi connectivity index (χ3v) is 6.75. The van der Waals surface area contributed by atoms with E-state index in [2.05, 4.69) is 6.92 Å². The molecule has 0 N–H and O–H groups in total.